The number of nitrogens with zero attached hydrogens (tertiary/aromatic N) is 1. The van der Waals surface area contributed by atoms with Crippen LogP contribution < -0.4 is 5.32 Å². The van der Waals surface area contributed by atoms with Crippen LogP contribution in [0.5, 0.6) is 0 Å². The number of carbonyl (C=O) groups is 2. The Balaban J connectivity index is 2.39. The van der Waals surface area contributed by atoms with Gasteiger partial charge in [-0.1, -0.05) is 73.4 Å². The van der Waals surface area contributed by atoms with Gasteiger partial charge in [0.1, 0.15) is 6.04 Å². The van der Waals surface area contributed by atoms with Gasteiger partial charge in [0.05, 0.1) is 10.0 Å². The molecule has 0 heterocycles. The summed E-state index contributed by atoms with van der Waals surface area (Å²) in [5, 5.41) is 3.95. The molecule has 2 aromatic carbocycles. The summed E-state index contributed by atoms with van der Waals surface area (Å²) in [6, 6.07) is 14.5. The lowest BCUT2D eigenvalue weighted by Gasteiger charge is -2.32. The molecule has 0 aliphatic rings. The van der Waals surface area contributed by atoms with Crippen molar-refractivity contribution < 1.29 is 9.59 Å². The zero-order valence-corrected chi connectivity index (χ0v) is 19.3. The van der Waals surface area contributed by atoms with E-state index >= 15 is 0 Å². The van der Waals surface area contributed by atoms with Crippen LogP contribution in [0.2, 0.25) is 10.0 Å². The lowest BCUT2D eigenvalue weighted by atomic mass is 10.0. The van der Waals surface area contributed by atoms with Gasteiger partial charge in [-0.2, -0.15) is 0 Å². The van der Waals surface area contributed by atoms with Crippen LogP contribution in [0.25, 0.3) is 0 Å². The van der Waals surface area contributed by atoms with Crippen molar-refractivity contribution in [2.45, 2.75) is 65.1 Å². The monoisotopic (exact) mass is 448 g/mol. The molecule has 0 saturated carbocycles. The molecule has 30 heavy (non-hydrogen) atoms. The van der Waals surface area contributed by atoms with E-state index in [1.165, 1.54) is 0 Å². The van der Waals surface area contributed by atoms with Gasteiger partial charge in [-0.05, 0) is 43.0 Å². The molecule has 0 bridgehead atoms. The Hall–Kier alpha value is -2.04. The van der Waals surface area contributed by atoms with E-state index in [1.54, 1.807) is 17.0 Å². The van der Waals surface area contributed by atoms with Gasteiger partial charge in [0, 0.05) is 25.4 Å². The van der Waals surface area contributed by atoms with E-state index in [1.807, 2.05) is 57.2 Å². The molecule has 0 fully saturated rings. The standard InChI is InChI=1S/C24H30Cl2N2O2/c1-4-9-23(29)28(16-19-12-13-20(25)21(26)14-19)22(24(30)27-17(3)5-2)15-18-10-7-6-8-11-18/h6-8,10-14,17,22H,4-5,9,15-16H2,1-3H3,(H,27,30)/t17-,22-/m1/s1. The zero-order valence-electron chi connectivity index (χ0n) is 17.8. The van der Waals surface area contributed by atoms with E-state index in [9.17, 15) is 9.59 Å². The summed E-state index contributed by atoms with van der Waals surface area (Å²) < 4.78 is 0. The van der Waals surface area contributed by atoms with E-state index in [0.717, 1.165) is 17.5 Å². The Kier molecular flexibility index (Phi) is 9.67. The number of rotatable bonds is 10. The van der Waals surface area contributed by atoms with Gasteiger partial charge in [-0.15, -0.1) is 0 Å². The molecule has 1 N–H and O–H groups in total. The molecule has 0 saturated heterocycles. The summed E-state index contributed by atoms with van der Waals surface area (Å²) in [5.41, 5.74) is 1.84. The summed E-state index contributed by atoms with van der Waals surface area (Å²) in [6.07, 6.45) is 2.35. The van der Waals surface area contributed by atoms with Crippen LogP contribution in [0, 0.1) is 0 Å². The quantitative estimate of drug-likeness (QED) is 0.510. The lowest BCUT2D eigenvalue weighted by molar-refractivity contribution is -0.141. The van der Waals surface area contributed by atoms with Crippen molar-refractivity contribution in [3.05, 3.63) is 69.7 Å². The molecule has 0 spiro atoms. The fraction of sp³-hybridized carbons (Fsp3) is 0.417. The Morgan fingerprint density at radius 3 is 2.30 bits per heavy atom. The second-order valence-electron chi connectivity index (χ2n) is 7.54. The van der Waals surface area contributed by atoms with Gasteiger partial charge in [0.25, 0.3) is 0 Å². The van der Waals surface area contributed by atoms with Gasteiger partial charge in [-0.3, -0.25) is 9.59 Å². The largest absolute Gasteiger partial charge is 0.352 e. The minimum Gasteiger partial charge on any atom is -0.352 e. The predicted molar refractivity (Wildman–Crippen MR) is 124 cm³/mol. The first kappa shape index (κ1) is 24.2. The van der Waals surface area contributed by atoms with Crippen LogP contribution in [-0.2, 0) is 22.6 Å². The minimum atomic E-state index is -0.616. The van der Waals surface area contributed by atoms with Crippen LogP contribution in [0.1, 0.15) is 51.2 Å². The van der Waals surface area contributed by atoms with Crippen molar-refractivity contribution >= 4 is 35.0 Å². The predicted octanol–water partition coefficient (Wildman–Crippen LogP) is 5.65. The van der Waals surface area contributed by atoms with Gasteiger partial charge in [0.15, 0.2) is 0 Å². The summed E-state index contributed by atoms with van der Waals surface area (Å²) >= 11 is 12.2. The SMILES string of the molecule is CCCC(=O)N(Cc1ccc(Cl)c(Cl)c1)[C@H](Cc1ccccc1)C(=O)N[C@H](C)CC. The van der Waals surface area contributed by atoms with E-state index in [4.69, 9.17) is 23.2 Å². The maximum Gasteiger partial charge on any atom is 0.243 e. The number of halogens is 2. The molecule has 0 unspecified atom stereocenters. The Bertz CT molecular complexity index is 842. The Morgan fingerprint density at radius 2 is 1.70 bits per heavy atom. The normalized spacial score (nSPS) is 12.8. The van der Waals surface area contributed by atoms with Crippen molar-refractivity contribution in [3.63, 3.8) is 0 Å². The van der Waals surface area contributed by atoms with Crippen LogP contribution in [0.3, 0.4) is 0 Å². The van der Waals surface area contributed by atoms with E-state index in [2.05, 4.69) is 5.32 Å². The maximum absolute atomic E-state index is 13.2. The number of carbonyl (C=O) groups excluding carboxylic acids is 2. The van der Waals surface area contributed by atoms with Gasteiger partial charge >= 0.3 is 0 Å². The van der Waals surface area contributed by atoms with E-state index < -0.39 is 6.04 Å². The fourth-order valence-electron chi connectivity index (χ4n) is 3.19. The first-order valence-corrected chi connectivity index (χ1v) is 11.2. The molecule has 2 amide bonds. The molecule has 0 radical (unpaired) electrons. The van der Waals surface area contributed by atoms with Crippen LogP contribution in [0.15, 0.2) is 48.5 Å². The summed E-state index contributed by atoms with van der Waals surface area (Å²) in [5.74, 6) is -0.193. The second kappa shape index (κ2) is 12.0. The van der Waals surface area contributed by atoms with E-state index in [-0.39, 0.29) is 17.9 Å². The van der Waals surface area contributed by atoms with E-state index in [0.29, 0.717) is 35.9 Å². The number of hydrogen-bond donors (Lipinski definition) is 1. The highest BCUT2D eigenvalue weighted by atomic mass is 35.5. The van der Waals surface area contributed by atoms with Gasteiger partial charge < -0.3 is 10.2 Å². The summed E-state index contributed by atoms with van der Waals surface area (Å²) in [4.78, 5) is 28.0. The number of amides is 2. The van der Waals surface area contributed by atoms with Crippen molar-refractivity contribution in [1.29, 1.82) is 0 Å². The highest BCUT2D eigenvalue weighted by molar-refractivity contribution is 6.42. The highest BCUT2D eigenvalue weighted by Crippen LogP contribution is 2.24. The third-order valence-corrected chi connectivity index (χ3v) is 5.81. The molecule has 0 aliphatic heterocycles. The van der Waals surface area contributed by atoms with Crippen molar-refractivity contribution in [2.75, 3.05) is 0 Å². The average molecular weight is 449 g/mol. The van der Waals surface area contributed by atoms with Gasteiger partial charge in [0.2, 0.25) is 11.8 Å². The molecule has 0 aliphatic carbocycles. The molecule has 162 valence electrons. The van der Waals surface area contributed by atoms with Crippen molar-refractivity contribution in [2.24, 2.45) is 0 Å². The highest BCUT2D eigenvalue weighted by Gasteiger charge is 2.30. The Labute approximate surface area is 189 Å². The smallest absolute Gasteiger partial charge is 0.243 e. The molecule has 2 rings (SSSR count). The number of nitrogens with one attached hydrogen (secondary N) is 1. The van der Waals surface area contributed by atoms with Gasteiger partial charge in [-0.25, -0.2) is 0 Å². The molecule has 2 aromatic rings. The van der Waals surface area contributed by atoms with Crippen LogP contribution in [0.4, 0.5) is 0 Å². The Morgan fingerprint density at radius 1 is 1.00 bits per heavy atom. The molecule has 0 aromatic heterocycles. The minimum absolute atomic E-state index is 0.0314. The summed E-state index contributed by atoms with van der Waals surface area (Å²) in [6.45, 7) is 6.24. The molecule has 2 atom stereocenters. The lowest BCUT2D eigenvalue weighted by Crippen LogP contribution is -2.52. The fourth-order valence-corrected chi connectivity index (χ4v) is 3.51. The first-order chi connectivity index (χ1) is 14.3. The number of benzene rings is 2. The average Bonchev–Trinajstić information content (AvgIpc) is 2.73. The molecule has 4 nitrogen and oxygen atoms in total. The number of hydrogen-bond acceptors (Lipinski definition) is 2. The first-order valence-electron chi connectivity index (χ1n) is 10.4. The molecule has 6 heteroatoms. The third-order valence-electron chi connectivity index (χ3n) is 5.07. The third kappa shape index (κ3) is 7.03. The van der Waals surface area contributed by atoms with Crippen molar-refractivity contribution in [1.82, 2.24) is 10.2 Å². The zero-order chi connectivity index (χ0) is 22.1. The topological polar surface area (TPSA) is 49.4 Å². The summed E-state index contributed by atoms with van der Waals surface area (Å²) in [7, 11) is 0. The van der Waals surface area contributed by atoms with Crippen molar-refractivity contribution in [3.8, 4) is 0 Å². The second-order valence-corrected chi connectivity index (χ2v) is 8.36. The maximum atomic E-state index is 13.2. The van der Waals surface area contributed by atoms with Crippen LogP contribution >= 0.6 is 23.2 Å². The molecular weight excluding hydrogens is 419 g/mol. The van der Waals surface area contributed by atoms with Crippen LogP contribution in [-0.4, -0.2) is 28.8 Å². The molecular formula is C24H30Cl2N2O2.